The summed E-state index contributed by atoms with van der Waals surface area (Å²) in [7, 11) is -3.84. The van der Waals surface area contributed by atoms with E-state index in [0.29, 0.717) is 18.7 Å². The third-order valence-corrected chi connectivity index (χ3v) is 6.23. The summed E-state index contributed by atoms with van der Waals surface area (Å²) in [6.07, 6.45) is 3.91. The van der Waals surface area contributed by atoms with E-state index in [2.05, 4.69) is 20.5 Å². The predicted molar refractivity (Wildman–Crippen MR) is 88.9 cm³/mol. The van der Waals surface area contributed by atoms with Crippen molar-refractivity contribution in [2.45, 2.75) is 56.1 Å². The van der Waals surface area contributed by atoms with Crippen molar-refractivity contribution in [1.29, 1.82) is 0 Å². The number of hydrogen-bond donors (Lipinski definition) is 1. The predicted octanol–water partition coefficient (Wildman–Crippen LogP) is 0.710. The minimum Gasteiger partial charge on any atom is -0.395 e. The van der Waals surface area contributed by atoms with Crippen LogP contribution >= 0.6 is 0 Å². The van der Waals surface area contributed by atoms with Crippen molar-refractivity contribution in [2.75, 3.05) is 6.61 Å². The lowest BCUT2D eigenvalue weighted by Gasteiger charge is -2.29. The maximum Gasteiger partial charge on any atom is 0.245 e. The minimum atomic E-state index is -3.84. The Morgan fingerprint density at radius 2 is 2.08 bits per heavy atom. The molecule has 0 bridgehead atoms. The molecule has 0 aromatic carbocycles. The molecule has 0 amide bonds. The molecular formula is C15H22N6O3S. The van der Waals surface area contributed by atoms with Crippen LogP contribution in [0.25, 0.3) is 0 Å². The molecule has 1 aliphatic rings. The lowest BCUT2D eigenvalue weighted by Crippen LogP contribution is -2.41. The Bertz CT molecular complexity index is 830. The second kappa shape index (κ2) is 6.43. The Hall–Kier alpha value is -1.91. The maximum absolute atomic E-state index is 13.2. The highest BCUT2D eigenvalue weighted by Gasteiger charge is 2.45. The molecule has 1 fully saturated rings. The SMILES string of the molecule is CC(C)(C)n1nnnc1[C@@H]1CC[C@@H](CO)N1S(=O)(=O)c1cccnc1. The third-order valence-electron chi connectivity index (χ3n) is 4.29. The van der Waals surface area contributed by atoms with Crippen LogP contribution in [0.4, 0.5) is 0 Å². The summed E-state index contributed by atoms with van der Waals surface area (Å²) in [4.78, 5) is 4.00. The zero-order valence-corrected chi connectivity index (χ0v) is 15.3. The number of aliphatic hydroxyl groups excluding tert-OH is 1. The van der Waals surface area contributed by atoms with Crippen molar-refractivity contribution in [1.82, 2.24) is 29.5 Å². The molecule has 1 N–H and O–H groups in total. The molecule has 0 aliphatic carbocycles. The number of pyridine rings is 1. The van der Waals surface area contributed by atoms with Gasteiger partial charge in [-0.25, -0.2) is 13.1 Å². The van der Waals surface area contributed by atoms with Crippen LogP contribution in [-0.2, 0) is 15.6 Å². The monoisotopic (exact) mass is 366 g/mol. The number of rotatable bonds is 4. The van der Waals surface area contributed by atoms with Crippen molar-refractivity contribution in [3.05, 3.63) is 30.4 Å². The lowest BCUT2D eigenvalue weighted by molar-refractivity contribution is 0.191. The molecule has 10 heteroatoms. The lowest BCUT2D eigenvalue weighted by atomic mass is 10.1. The summed E-state index contributed by atoms with van der Waals surface area (Å²) < 4.78 is 29.3. The average molecular weight is 366 g/mol. The molecule has 0 unspecified atom stereocenters. The fourth-order valence-corrected chi connectivity index (χ4v) is 4.93. The summed E-state index contributed by atoms with van der Waals surface area (Å²) in [5.41, 5.74) is -0.389. The molecule has 2 atom stereocenters. The average Bonchev–Trinajstić information content (AvgIpc) is 3.21. The molecule has 3 heterocycles. The van der Waals surface area contributed by atoms with Crippen molar-refractivity contribution in [2.24, 2.45) is 0 Å². The van der Waals surface area contributed by atoms with Crippen molar-refractivity contribution in [3.63, 3.8) is 0 Å². The molecule has 0 radical (unpaired) electrons. The van der Waals surface area contributed by atoms with Gasteiger partial charge in [-0.1, -0.05) is 0 Å². The highest BCUT2D eigenvalue weighted by atomic mass is 32.2. The van der Waals surface area contributed by atoms with E-state index in [1.807, 2.05) is 20.8 Å². The van der Waals surface area contributed by atoms with Crippen LogP contribution in [0.3, 0.4) is 0 Å². The van der Waals surface area contributed by atoms with Crippen LogP contribution < -0.4 is 0 Å². The van der Waals surface area contributed by atoms with Crippen LogP contribution in [0.1, 0.15) is 45.5 Å². The van der Waals surface area contributed by atoms with Gasteiger partial charge in [-0.15, -0.1) is 5.10 Å². The van der Waals surface area contributed by atoms with Crippen LogP contribution in [-0.4, -0.2) is 55.7 Å². The Kier molecular flexibility index (Phi) is 4.60. The number of hydrogen-bond acceptors (Lipinski definition) is 7. The summed E-state index contributed by atoms with van der Waals surface area (Å²) in [5, 5.41) is 21.6. The van der Waals surface area contributed by atoms with E-state index in [0.717, 1.165) is 0 Å². The Labute approximate surface area is 146 Å². The zero-order valence-electron chi connectivity index (χ0n) is 14.4. The van der Waals surface area contributed by atoms with Gasteiger partial charge in [-0.3, -0.25) is 4.98 Å². The zero-order chi connectivity index (χ0) is 18.2. The summed E-state index contributed by atoms with van der Waals surface area (Å²) in [6.45, 7) is 5.59. The maximum atomic E-state index is 13.2. The molecule has 0 spiro atoms. The Morgan fingerprint density at radius 1 is 1.32 bits per heavy atom. The van der Waals surface area contributed by atoms with Gasteiger partial charge in [0.15, 0.2) is 5.82 Å². The number of nitrogens with zero attached hydrogens (tertiary/aromatic N) is 6. The van der Waals surface area contributed by atoms with Gasteiger partial charge >= 0.3 is 0 Å². The normalized spacial score (nSPS) is 22.4. The van der Waals surface area contributed by atoms with E-state index < -0.39 is 22.1 Å². The van der Waals surface area contributed by atoms with Gasteiger partial charge in [0, 0.05) is 18.4 Å². The molecule has 0 saturated carbocycles. The topological polar surface area (TPSA) is 114 Å². The van der Waals surface area contributed by atoms with Crippen molar-refractivity contribution < 1.29 is 13.5 Å². The molecule has 3 rings (SSSR count). The molecular weight excluding hydrogens is 344 g/mol. The highest BCUT2D eigenvalue weighted by Crippen LogP contribution is 2.40. The first-order chi connectivity index (χ1) is 11.8. The van der Waals surface area contributed by atoms with Gasteiger partial charge in [0.05, 0.1) is 18.2 Å². The first kappa shape index (κ1) is 17.9. The van der Waals surface area contributed by atoms with E-state index in [9.17, 15) is 13.5 Å². The van der Waals surface area contributed by atoms with E-state index in [1.54, 1.807) is 10.7 Å². The second-order valence-corrected chi connectivity index (χ2v) is 8.92. The van der Waals surface area contributed by atoms with E-state index in [-0.39, 0.29) is 17.0 Å². The van der Waals surface area contributed by atoms with Gasteiger partial charge in [-0.05, 0) is 56.2 Å². The van der Waals surface area contributed by atoms with Gasteiger partial charge in [0.25, 0.3) is 0 Å². The Balaban J connectivity index is 2.08. The number of aromatic nitrogens is 5. The van der Waals surface area contributed by atoms with Crippen LogP contribution in [0.5, 0.6) is 0 Å². The summed E-state index contributed by atoms with van der Waals surface area (Å²) in [5.74, 6) is 0.482. The minimum absolute atomic E-state index is 0.0927. The van der Waals surface area contributed by atoms with Gasteiger partial charge in [0.2, 0.25) is 10.0 Å². The summed E-state index contributed by atoms with van der Waals surface area (Å²) >= 11 is 0. The molecule has 2 aromatic heterocycles. The van der Waals surface area contributed by atoms with E-state index in [4.69, 9.17) is 0 Å². The molecule has 1 saturated heterocycles. The summed E-state index contributed by atoms with van der Waals surface area (Å²) in [6, 6.07) is 2.03. The standard InChI is InChI=1S/C15H22N6O3S/c1-15(2,3)21-14(17-18-19-21)13-7-6-11(10-22)20(13)25(23,24)12-5-4-8-16-9-12/h4-5,8-9,11,13,22H,6-7,10H2,1-3H3/t11-,13-/m0/s1. The van der Waals surface area contributed by atoms with Gasteiger partial charge < -0.3 is 5.11 Å². The molecule has 2 aromatic rings. The van der Waals surface area contributed by atoms with Gasteiger partial charge in [-0.2, -0.15) is 4.31 Å². The number of tetrazole rings is 1. The molecule has 25 heavy (non-hydrogen) atoms. The largest absolute Gasteiger partial charge is 0.395 e. The van der Waals surface area contributed by atoms with Crippen LogP contribution in [0.2, 0.25) is 0 Å². The first-order valence-corrected chi connectivity index (χ1v) is 9.54. The first-order valence-electron chi connectivity index (χ1n) is 8.10. The number of aliphatic hydroxyl groups is 1. The smallest absolute Gasteiger partial charge is 0.245 e. The number of sulfonamides is 1. The quantitative estimate of drug-likeness (QED) is 0.847. The molecule has 136 valence electrons. The fraction of sp³-hybridized carbons (Fsp3) is 0.600. The van der Waals surface area contributed by atoms with E-state index >= 15 is 0 Å². The van der Waals surface area contributed by atoms with Crippen LogP contribution in [0, 0.1) is 0 Å². The van der Waals surface area contributed by atoms with Crippen molar-refractivity contribution in [3.8, 4) is 0 Å². The second-order valence-electron chi connectivity index (χ2n) is 7.07. The third kappa shape index (κ3) is 3.16. The van der Waals surface area contributed by atoms with E-state index in [1.165, 1.54) is 22.8 Å². The Morgan fingerprint density at radius 3 is 2.68 bits per heavy atom. The highest BCUT2D eigenvalue weighted by molar-refractivity contribution is 7.89. The molecule has 1 aliphatic heterocycles. The van der Waals surface area contributed by atoms with Gasteiger partial charge in [0.1, 0.15) is 4.90 Å². The van der Waals surface area contributed by atoms with Crippen molar-refractivity contribution >= 4 is 10.0 Å². The fourth-order valence-electron chi connectivity index (χ4n) is 3.14. The molecule has 9 nitrogen and oxygen atoms in total. The van der Waals surface area contributed by atoms with Crippen LogP contribution in [0.15, 0.2) is 29.4 Å².